The lowest BCUT2D eigenvalue weighted by atomic mass is 9.33. The molecule has 14 atom stereocenters. The van der Waals surface area contributed by atoms with Crippen molar-refractivity contribution in [3.8, 4) is 0 Å². The fourth-order valence-electron chi connectivity index (χ4n) is 12.0. The summed E-state index contributed by atoms with van der Waals surface area (Å²) in [6.07, 6.45) is 0.793. The van der Waals surface area contributed by atoms with Crippen LogP contribution in [-0.4, -0.2) is 86.1 Å². The summed E-state index contributed by atoms with van der Waals surface area (Å²) >= 11 is 0. The summed E-state index contributed by atoms with van der Waals surface area (Å²) in [5, 5.41) is 64.2. The van der Waals surface area contributed by atoms with Crippen molar-refractivity contribution >= 4 is 5.97 Å². The summed E-state index contributed by atoms with van der Waals surface area (Å²) in [5.74, 6) is -0.224. The molecule has 0 bridgehead atoms. The van der Waals surface area contributed by atoms with Gasteiger partial charge >= 0.3 is 5.97 Å². The van der Waals surface area contributed by atoms with Crippen molar-refractivity contribution in [1.82, 2.24) is 0 Å². The fraction of sp³-hybridized carbons (Fsp3) is 0.917. The van der Waals surface area contributed by atoms with Gasteiger partial charge in [0.15, 0.2) is 0 Å². The number of hydrogen-bond acceptors (Lipinski definition) is 9. The largest absolute Gasteiger partial charge is 0.432 e. The second kappa shape index (κ2) is 10.7. The van der Waals surface area contributed by atoms with Crippen LogP contribution in [0.25, 0.3) is 0 Å². The van der Waals surface area contributed by atoms with Gasteiger partial charge in [-0.25, -0.2) is 0 Å². The minimum absolute atomic E-state index is 0.0602. The van der Waals surface area contributed by atoms with Crippen LogP contribution in [0.4, 0.5) is 0 Å². The molecule has 1 heterocycles. The Labute approximate surface area is 268 Å². The second-order valence-corrected chi connectivity index (χ2v) is 17.8. The van der Waals surface area contributed by atoms with E-state index in [9.17, 15) is 35.4 Å². The molecule has 0 aromatic rings. The summed E-state index contributed by atoms with van der Waals surface area (Å²) in [5.41, 5.74) is -0.718. The Kier molecular flexibility index (Phi) is 8.05. The van der Waals surface area contributed by atoms with Crippen LogP contribution in [0, 0.1) is 50.2 Å². The number of carbonyl (C=O) groups excluding carboxylic acids is 1. The molecule has 9 nitrogen and oxygen atoms in total. The highest BCUT2D eigenvalue weighted by Gasteiger charge is 2.71. The number of rotatable bonds is 3. The molecule has 9 heteroatoms. The van der Waals surface area contributed by atoms with E-state index in [1.807, 2.05) is 0 Å². The Morgan fingerprint density at radius 2 is 1.51 bits per heavy atom. The summed E-state index contributed by atoms with van der Waals surface area (Å²) in [4.78, 5) is 14.4. The first-order valence-corrected chi connectivity index (χ1v) is 17.4. The molecular formula is C36H58O9. The normalized spacial score (nSPS) is 53.6. The topological polar surface area (TPSA) is 157 Å². The van der Waals surface area contributed by atoms with E-state index in [1.54, 1.807) is 0 Å². The van der Waals surface area contributed by atoms with E-state index in [2.05, 4.69) is 54.5 Å². The Morgan fingerprint density at radius 1 is 0.844 bits per heavy atom. The lowest BCUT2D eigenvalue weighted by molar-refractivity contribution is -0.298. The van der Waals surface area contributed by atoms with Crippen LogP contribution in [0.1, 0.15) is 106 Å². The molecule has 0 aromatic carbocycles. The van der Waals surface area contributed by atoms with Gasteiger partial charge in [-0.3, -0.25) is 4.79 Å². The van der Waals surface area contributed by atoms with Crippen molar-refractivity contribution in [2.75, 3.05) is 6.61 Å². The van der Waals surface area contributed by atoms with Gasteiger partial charge in [-0.15, -0.1) is 0 Å². The number of ether oxygens (including phenoxy) is 2. The molecule has 0 unspecified atom stereocenters. The molecule has 1 saturated heterocycles. The van der Waals surface area contributed by atoms with Crippen molar-refractivity contribution in [3.05, 3.63) is 11.6 Å². The van der Waals surface area contributed by atoms with Gasteiger partial charge in [-0.1, -0.05) is 60.1 Å². The lowest BCUT2D eigenvalue weighted by Crippen LogP contribution is -2.67. The Balaban J connectivity index is 1.38. The van der Waals surface area contributed by atoms with Gasteiger partial charge in [-0.2, -0.15) is 0 Å². The maximum absolute atomic E-state index is 14.4. The van der Waals surface area contributed by atoms with Crippen molar-refractivity contribution in [2.24, 2.45) is 50.2 Å². The average molecular weight is 635 g/mol. The van der Waals surface area contributed by atoms with Crippen molar-refractivity contribution in [2.45, 2.75) is 149 Å². The van der Waals surface area contributed by atoms with Crippen molar-refractivity contribution in [1.29, 1.82) is 0 Å². The van der Waals surface area contributed by atoms with Crippen LogP contribution in [0.3, 0.4) is 0 Å². The third-order valence-electron chi connectivity index (χ3n) is 15.3. The molecule has 256 valence electrons. The van der Waals surface area contributed by atoms with E-state index < -0.39 is 66.1 Å². The zero-order valence-electron chi connectivity index (χ0n) is 28.3. The minimum atomic E-state index is -1.68. The zero-order valence-corrected chi connectivity index (χ0v) is 28.3. The maximum Gasteiger partial charge on any atom is 0.315 e. The Bertz CT molecular complexity index is 1210. The second-order valence-electron chi connectivity index (χ2n) is 17.8. The first-order chi connectivity index (χ1) is 20.8. The number of allylic oxidation sites excluding steroid dienone is 1. The summed E-state index contributed by atoms with van der Waals surface area (Å²) < 4.78 is 11.5. The van der Waals surface area contributed by atoms with Crippen LogP contribution < -0.4 is 0 Å². The van der Waals surface area contributed by atoms with Crippen LogP contribution in [0.5, 0.6) is 0 Å². The minimum Gasteiger partial charge on any atom is -0.432 e. The molecule has 0 radical (unpaired) electrons. The number of hydrogen-bond donors (Lipinski definition) is 6. The van der Waals surface area contributed by atoms with Crippen LogP contribution in [0.15, 0.2) is 11.6 Å². The smallest absolute Gasteiger partial charge is 0.315 e. The molecule has 4 saturated carbocycles. The molecule has 6 N–H and O–H groups in total. The molecule has 0 spiro atoms. The standard InChI is InChI=1S/C36H58O9/c1-31(2)14-16-36(30(43)45-29-27(41)26(40)25(39)20(18-37)44-29)17-15-34(6)19(24(36)28(31)42)8-9-22-33(5)12-11-23(38)32(3,4)21(33)10-13-35(22,34)7/h8,20-29,37-42H,9-18H2,1-7H3/t20-,21+,22-,23+,24-,25-,26+,27-,28+,29+,33+,34-,35-,36+/m0/s1. The predicted molar refractivity (Wildman–Crippen MR) is 166 cm³/mol. The first-order valence-electron chi connectivity index (χ1n) is 17.4. The van der Waals surface area contributed by atoms with E-state index in [0.29, 0.717) is 31.1 Å². The third-order valence-corrected chi connectivity index (χ3v) is 15.3. The highest BCUT2D eigenvalue weighted by molar-refractivity contribution is 5.79. The van der Waals surface area contributed by atoms with Crippen LogP contribution in [-0.2, 0) is 14.3 Å². The highest BCUT2D eigenvalue weighted by atomic mass is 16.7. The lowest BCUT2D eigenvalue weighted by Gasteiger charge is -2.71. The van der Waals surface area contributed by atoms with Gasteiger partial charge in [0.25, 0.3) is 0 Å². The first kappa shape index (κ1) is 33.8. The fourth-order valence-corrected chi connectivity index (χ4v) is 12.0. The molecule has 0 aromatic heterocycles. The molecule has 6 rings (SSSR count). The number of fused-ring (bicyclic) bond motifs is 7. The average Bonchev–Trinajstić information content (AvgIpc) is 2.97. The molecule has 1 aliphatic heterocycles. The van der Waals surface area contributed by atoms with Gasteiger partial charge in [0, 0.05) is 5.92 Å². The SMILES string of the molecule is CC1(C)CC[C@@]2(C(=O)O[C@H]3O[C@@H](CO)[C@H](O)[C@@H](O)[C@@H]3O)CC[C@@]3(C)C(=CC[C@H]4[C@]5(C)CC[C@@H](O)C(C)(C)[C@H]5CC[C@@]43C)[C@H]2[C@H]1O. The van der Waals surface area contributed by atoms with Gasteiger partial charge < -0.3 is 40.1 Å². The Morgan fingerprint density at radius 3 is 2.18 bits per heavy atom. The molecule has 0 amide bonds. The van der Waals surface area contributed by atoms with E-state index >= 15 is 0 Å². The number of esters is 1. The van der Waals surface area contributed by atoms with Crippen LogP contribution >= 0.6 is 0 Å². The van der Waals surface area contributed by atoms with Gasteiger partial charge in [-0.05, 0) is 96.7 Å². The van der Waals surface area contributed by atoms with E-state index in [4.69, 9.17) is 9.47 Å². The maximum atomic E-state index is 14.4. The third kappa shape index (κ3) is 4.46. The van der Waals surface area contributed by atoms with E-state index in [0.717, 1.165) is 44.1 Å². The zero-order chi connectivity index (χ0) is 33.1. The monoisotopic (exact) mass is 634 g/mol. The molecule has 5 fully saturated rings. The number of aliphatic hydroxyl groups excluding tert-OH is 6. The summed E-state index contributed by atoms with van der Waals surface area (Å²) in [7, 11) is 0. The molecular weight excluding hydrogens is 576 g/mol. The van der Waals surface area contributed by atoms with Crippen molar-refractivity contribution < 1.29 is 44.9 Å². The number of aliphatic hydroxyl groups is 6. The van der Waals surface area contributed by atoms with Gasteiger partial charge in [0.2, 0.25) is 6.29 Å². The van der Waals surface area contributed by atoms with Gasteiger partial charge in [0.05, 0.1) is 24.2 Å². The highest BCUT2D eigenvalue weighted by Crippen LogP contribution is 2.75. The molecule has 6 aliphatic rings. The predicted octanol–water partition coefficient (Wildman–Crippen LogP) is 3.46. The Hall–Kier alpha value is -1.07. The van der Waals surface area contributed by atoms with E-state index in [-0.39, 0.29) is 27.8 Å². The summed E-state index contributed by atoms with van der Waals surface area (Å²) in [6, 6.07) is 0. The quantitative estimate of drug-likeness (QED) is 0.202. The van der Waals surface area contributed by atoms with E-state index in [1.165, 1.54) is 0 Å². The number of carbonyl (C=O) groups is 1. The molecule has 5 aliphatic carbocycles. The van der Waals surface area contributed by atoms with Crippen LogP contribution in [0.2, 0.25) is 0 Å². The van der Waals surface area contributed by atoms with Gasteiger partial charge in [0.1, 0.15) is 24.4 Å². The summed E-state index contributed by atoms with van der Waals surface area (Å²) in [6.45, 7) is 15.3. The van der Waals surface area contributed by atoms with Crippen molar-refractivity contribution in [3.63, 3.8) is 0 Å². The molecule has 45 heavy (non-hydrogen) atoms.